The zero-order valence-electron chi connectivity index (χ0n) is 15.8. The van der Waals surface area contributed by atoms with E-state index < -0.39 is 0 Å². The Bertz CT molecular complexity index is 727. The summed E-state index contributed by atoms with van der Waals surface area (Å²) in [5.74, 6) is 0.645. The SMILES string of the molecule is CC(C)c1ccc(C(=O)N2CCN(C/C=C\c3ccccc3)CC2)cc1. The van der Waals surface area contributed by atoms with Gasteiger partial charge in [-0.25, -0.2) is 0 Å². The molecule has 2 aromatic rings. The molecule has 26 heavy (non-hydrogen) atoms. The zero-order chi connectivity index (χ0) is 18.4. The summed E-state index contributed by atoms with van der Waals surface area (Å²) >= 11 is 0. The molecule has 1 heterocycles. The predicted molar refractivity (Wildman–Crippen MR) is 108 cm³/mol. The average molecular weight is 348 g/mol. The monoisotopic (exact) mass is 348 g/mol. The molecule has 3 nitrogen and oxygen atoms in total. The van der Waals surface area contributed by atoms with Gasteiger partial charge in [0.25, 0.3) is 5.91 Å². The molecule has 2 aromatic carbocycles. The Morgan fingerprint density at radius 3 is 2.23 bits per heavy atom. The third-order valence-electron chi connectivity index (χ3n) is 4.96. The first-order valence-corrected chi connectivity index (χ1v) is 9.46. The number of benzene rings is 2. The Morgan fingerprint density at radius 1 is 0.962 bits per heavy atom. The highest BCUT2D eigenvalue weighted by molar-refractivity contribution is 5.94. The number of nitrogens with zero attached hydrogens (tertiary/aromatic N) is 2. The van der Waals surface area contributed by atoms with Gasteiger partial charge < -0.3 is 4.90 Å². The van der Waals surface area contributed by atoms with E-state index in [-0.39, 0.29) is 5.91 Å². The molecule has 1 fully saturated rings. The van der Waals surface area contributed by atoms with Crippen LogP contribution in [-0.2, 0) is 0 Å². The number of hydrogen-bond acceptors (Lipinski definition) is 2. The summed E-state index contributed by atoms with van der Waals surface area (Å²) in [6, 6.07) is 18.4. The summed E-state index contributed by atoms with van der Waals surface area (Å²) in [5.41, 5.74) is 3.30. The molecule has 0 N–H and O–H groups in total. The van der Waals surface area contributed by atoms with Crippen LogP contribution in [0.3, 0.4) is 0 Å². The Hall–Kier alpha value is -2.39. The maximum absolute atomic E-state index is 12.7. The molecule has 0 radical (unpaired) electrons. The largest absolute Gasteiger partial charge is 0.336 e. The van der Waals surface area contributed by atoms with Gasteiger partial charge >= 0.3 is 0 Å². The molecule has 1 saturated heterocycles. The number of piperazine rings is 1. The predicted octanol–water partition coefficient (Wildman–Crippen LogP) is 4.28. The smallest absolute Gasteiger partial charge is 0.253 e. The lowest BCUT2D eigenvalue weighted by Crippen LogP contribution is -2.48. The van der Waals surface area contributed by atoms with E-state index in [0.29, 0.717) is 5.92 Å². The van der Waals surface area contributed by atoms with E-state index in [2.05, 4.69) is 67.3 Å². The molecule has 1 amide bonds. The van der Waals surface area contributed by atoms with Gasteiger partial charge in [0.05, 0.1) is 0 Å². The lowest BCUT2D eigenvalue weighted by Gasteiger charge is -2.34. The van der Waals surface area contributed by atoms with Crippen LogP contribution in [0.4, 0.5) is 0 Å². The molecule has 1 aliphatic rings. The van der Waals surface area contributed by atoms with E-state index in [1.807, 2.05) is 23.1 Å². The molecule has 0 aliphatic carbocycles. The van der Waals surface area contributed by atoms with Crippen molar-refractivity contribution in [3.05, 3.63) is 77.4 Å². The van der Waals surface area contributed by atoms with Crippen LogP contribution in [0.25, 0.3) is 6.08 Å². The van der Waals surface area contributed by atoms with Crippen molar-refractivity contribution in [2.24, 2.45) is 0 Å². The molecule has 0 saturated carbocycles. The number of hydrogen-bond donors (Lipinski definition) is 0. The first-order chi connectivity index (χ1) is 12.6. The van der Waals surface area contributed by atoms with Crippen LogP contribution >= 0.6 is 0 Å². The molecule has 136 valence electrons. The van der Waals surface area contributed by atoms with Crippen LogP contribution in [0, 0.1) is 0 Å². The first-order valence-electron chi connectivity index (χ1n) is 9.46. The van der Waals surface area contributed by atoms with Crippen molar-refractivity contribution in [3.8, 4) is 0 Å². The quantitative estimate of drug-likeness (QED) is 0.805. The van der Waals surface area contributed by atoms with Crippen molar-refractivity contribution < 1.29 is 4.79 Å². The molecule has 1 aliphatic heterocycles. The standard InChI is InChI=1S/C23H28N2O/c1-19(2)21-10-12-22(13-11-21)23(26)25-17-15-24(16-18-25)14-6-9-20-7-4-3-5-8-20/h3-13,19H,14-18H2,1-2H3/b9-6-. The number of amides is 1. The fourth-order valence-corrected chi connectivity index (χ4v) is 3.23. The number of carbonyl (C=O) groups excluding carboxylic acids is 1. The molecule has 0 bridgehead atoms. The fourth-order valence-electron chi connectivity index (χ4n) is 3.23. The van der Waals surface area contributed by atoms with Gasteiger partial charge in [0.2, 0.25) is 0 Å². The first kappa shape index (κ1) is 18.4. The van der Waals surface area contributed by atoms with Crippen molar-refractivity contribution >= 4 is 12.0 Å². The third kappa shape index (κ3) is 4.83. The van der Waals surface area contributed by atoms with E-state index in [9.17, 15) is 4.79 Å². The summed E-state index contributed by atoms with van der Waals surface area (Å²) in [5, 5.41) is 0. The van der Waals surface area contributed by atoms with Gasteiger partial charge in [-0.05, 0) is 29.2 Å². The molecule has 0 atom stereocenters. The maximum Gasteiger partial charge on any atom is 0.253 e. The van der Waals surface area contributed by atoms with Crippen molar-refractivity contribution in [3.63, 3.8) is 0 Å². The van der Waals surface area contributed by atoms with Gasteiger partial charge in [0.15, 0.2) is 0 Å². The van der Waals surface area contributed by atoms with Crippen LogP contribution < -0.4 is 0 Å². The summed E-state index contributed by atoms with van der Waals surface area (Å²) in [7, 11) is 0. The topological polar surface area (TPSA) is 23.6 Å². The Kier molecular flexibility index (Phi) is 6.24. The van der Waals surface area contributed by atoms with E-state index in [4.69, 9.17) is 0 Å². The second kappa shape index (κ2) is 8.81. The molecule has 0 aromatic heterocycles. The van der Waals surface area contributed by atoms with Gasteiger partial charge in [0.1, 0.15) is 0 Å². The second-order valence-corrected chi connectivity index (χ2v) is 7.18. The molecular weight excluding hydrogens is 320 g/mol. The van der Waals surface area contributed by atoms with Crippen LogP contribution in [0.2, 0.25) is 0 Å². The third-order valence-corrected chi connectivity index (χ3v) is 4.96. The second-order valence-electron chi connectivity index (χ2n) is 7.18. The fraction of sp³-hybridized carbons (Fsp3) is 0.348. The highest BCUT2D eigenvalue weighted by atomic mass is 16.2. The van der Waals surface area contributed by atoms with Crippen molar-refractivity contribution in [1.82, 2.24) is 9.80 Å². The minimum absolute atomic E-state index is 0.153. The van der Waals surface area contributed by atoms with E-state index in [1.165, 1.54) is 11.1 Å². The number of carbonyl (C=O) groups is 1. The highest BCUT2D eigenvalue weighted by Crippen LogP contribution is 2.16. The Morgan fingerprint density at radius 2 is 1.62 bits per heavy atom. The van der Waals surface area contributed by atoms with Gasteiger partial charge in [-0.2, -0.15) is 0 Å². The van der Waals surface area contributed by atoms with Gasteiger partial charge in [-0.3, -0.25) is 9.69 Å². The number of rotatable bonds is 5. The van der Waals surface area contributed by atoms with Crippen LogP contribution in [0.5, 0.6) is 0 Å². The minimum Gasteiger partial charge on any atom is -0.336 e. The van der Waals surface area contributed by atoms with Crippen molar-refractivity contribution in [2.45, 2.75) is 19.8 Å². The zero-order valence-corrected chi connectivity index (χ0v) is 15.8. The molecule has 0 spiro atoms. The lowest BCUT2D eigenvalue weighted by molar-refractivity contribution is 0.0650. The van der Waals surface area contributed by atoms with Crippen LogP contribution in [0.15, 0.2) is 60.7 Å². The maximum atomic E-state index is 12.7. The average Bonchev–Trinajstić information content (AvgIpc) is 2.69. The molecule has 3 rings (SSSR count). The lowest BCUT2D eigenvalue weighted by atomic mass is 10.0. The summed E-state index contributed by atoms with van der Waals surface area (Å²) in [4.78, 5) is 17.0. The summed E-state index contributed by atoms with van der Waals surface area (Å²) in [6.07, 6.45) is 4.37. The van der Waals surface area contributed by atoms with Crippen LogP contribution in [-0.4, -0.2) is 48.4 Å². The summed E-state index contributed by atoms with van der Waals surface area (Å²) in [6.45, 7) is 8.71. The summed E-state index contributed by atoms with van der Waals surface area (Å²) < 4.78 is 0. The molecular formula is C23H28N2O. The van der Waals surface area contributed by atoms with E-state index in [1.54, 1.807) is 0 Å². The minimum atomic E-state index is 0.153. The van der Waals surface area contributed by atoms with Gasteiger partial charge in [-0.15, -0.1) is 0 Å². The van der Waals surface area contributed by atoms with E-state index in [0.717, 1.165) is 38.3 Å². The van der Waals surface area contributed by atoms with Gasteiger partial charge in [-0.1, -0.05) is 68.5 Å². The Balaban J connectivity index is 1.48. The van der Waals surface area contributed by atoms with Crippen molar-refractivity contribution in [2.75, 3.05) is 32.7 Å². The van der Waals surface area contributed by atoms with Gasteiger partial charge in [0, 0.05) is 38.3 Å². The Labute approximate surface area is 156 Å². The van der Waals surface area contributed by atoms with E-state index >= 15 is 0 Å². The normalized spacial score (nSPS) is 15.7. The highest BCUT2D eigenvalue weighted by Gasteiger charge is 2.21. The molecule has 0 unspecified atom stereocenters. The van der Waals surface area contributed by atoms with Crippen molar-refractivity contribution in [1.29, 1.82) is 0 Å². The molecule has 3 heteroatoms. The van der Waals surface area contributed by atoms with Crippen LogP contribution in [0.1, 0.15) is 41.3 Å².